The molecule has 19 heavy (non-hydrogen) atoms. The van der Waals surface area contributed by atoms with Crippen molar-refractivity contribution in [3.8, 4) is 0 Å². The molecule has 2 aliphatic heterocycles. The molecule has 2 atom stereocenters. The van der Waals surface area contributed by atoms with E-state index in [9.17, 15) is 4.79 Å². The predicted molar refractivity (Wildman–Crippen MR) is 77.2 cm³/mol. The molecule has 0 radical (unpaired) electrons. The minimum Gasteiger partial charge on any atom is -0.340 e. The van der Waals surface area contributed by atoms with Crippen molar-refractivity contribution in [2.75, 3.05) is 52.9 Å². The van der Waals surface area contributed by atoms with E-state index in [1.54, 1.807) is 0 Å². The summed E-state index contributed by atoms with van der Waals surface area (Å²) in [5.41, 5.74) is 0. The van der Waals surface area contributed by atoms with Gasteiger partial charge >= 0.3 is 0 Å². The van der Waals surface area contributed by atoms with Crippen molar-refractivity contribution in [3.63, 3.8) is 0 Å². The monoisotopic (exact) mass is 268 g/mol. The normalized spacial score (nSPS) is 30.6. The topological polar surface area (TPSA) is 38.8 Å². The van der Waals surface area contributed by atoms with E-state index < -0.39 is 0 Å². The first kappa shape index (κ1) is 14.8. The first-order chi connectivity index (χ1) is 9.08. The van der Waals surface area contributed by atoms with E-state index in [4.69, 9.17) is 0 Å². The average molecular weight is 268 g/mol. The third-order valence-electron chi connectivity index (χ3n) is 4.55. The zero-order valence-corrected chi connectivity index (χ0v) is 12.6. The van der Waals surface area contributed by atoms with Crippen LogP contribution in [0.3, 0.4) is 0 Å². The number of nitrogens with zero attached hydrogens (tertiary/aromatic N) is 3. The second kappa shape index (κ2) is 6.68. The van der Waals surface area contributed by atoms with Gasteiger partial charge in [-0.2, -0.15) is 0 Å². The number of carbonyl (C=O) groups excluding carboxylic acids is 1. The van der Waals surface area contributed by atoms with Crippen molar-refractivity contribution < 1.29 is 4.79 Å². The molecule has 5 nitrogen and oxygen atoms in total. The van der Waals surface area contributed by atoms with E-state index >= 15 is 0 Å². The maximum atomic E-state index is 12.1. The summed E-state index contributed by atoms with van der Waals surface area (Å²) in [5.74, 6) is 0.320. The Labute approximate surface area is 116 Å². The van der Waals surface area contributed by atoms with Gasteiger partial charge in [0.05, 0.1) is 0 Å². The molecule has 2 heterocycles. The number of piperazine rings is 2. The lowest BCUT2D eigenvalue weighted by Crippen LogP contribution is -2.55. The molecule has 2 unspecified atom stereocenters. The average Bonchev–Trinajstić information content (AvgIpc) is 2.43. The lowest BCUT2D eigenvalue weighted by Gasteiger charge is -2.42. The van der Waals surface area contributed by atoms with Crippen LogP contribution < -0.4 is 5.32 Å². The Bertz CT molecular complexity index is 292. The maximum absolute atomic E-state index is 12.1. The molecule has 2 fully saturated rings. The molecule has 0 aromatic heterocycles. The zero-order valence-electron chi connectivity index (χ0n) is 12.6. The van der Waals surface area contributed by atoms with E-state index in [1.807, 2.05) is 4.90 Å². The summed E-state index contributed by atoms with van der Waals surface area (Å²) in [6, 6.07) is 1.16. The molecule has 0 aromatic carbocycles. The number of amides is 1. The summed E-state index contributed by atoms with van der Waals surface area (Å²) < 4.78 is 0. The minimum atomic E-state index is 0.320. The van der Waals surface area contributed by atoms with E-state index in [0.29, 0.717) is 24.4 Å². The third-order valence-corrected chi connectivity index (χ3v) is 4.55. The van der Waals surface area contributed by atoms with Crippen LogP contribution in [0.1, 0.15) is 20.3 Å². The molecule has 5 heteroatoms. The quantitative estimate of drug-likeness (QED) is 0.771. The summed E-state index contributed by atoms with van der Waals surface area (Å²) in [5, 5.41) is 3.28. The molecule has 110 valence electrons. The lowest BCUT2D eigenvalue weighted by molar-refractivity contribution is -0.132. The molecule has 0 bridgehead atoms. The Balaban J connectivity index is 1.74. The summed E-state index contributed by atoms with van der Waals surface area (Å²) >= 11 is 0. The fraction of sp³-hybridized carbons (Fsp3) is 0.929. The van der Waals surface area contributed by atoms with Crippen molar-refractivity contribution >= 4 is 5.91 Å². The van der Waals surface area contributed by atoms with Crippen LogP contribution in [0, 0.1) is 0 Å². The van der Waals surface area contributed by atoms with Gasteiger partial charge in [-0.05, 0) is 20.9 Å². The highest BCUT2D eigenvalue weighted by atomic mass is 16.2. The summed E-state index contributed by atoms with van der Waals surface area (Å²) in [6.07, 6.45) is 0.670. The molecule has 2 aliphatic rings. The van der Waals surface area contributed by atoms with Crippen LogP contribution in [-0.2, 0) is 4.79 Å². The predicted octanol–water partition coefficient (Wildman–Crippen LogP) is -0.167. The molecule has 0 spiro atoms. The van der Waals surface area contributed by atoms with E-state index in [2.05, 4.69) is 36.0 Å². The second-order valence-electron chi connectivity index (χ2n) is 6.00. The Morgan fingerprint density at radius 2 is 1.74 bits per heavy atom. The molecule has 1 amide bonds. The number of carbonyl (C=O) groups is 1. The Kier molecular flexibility index (Phi) is 5.19. The molecule has 2 rings (SSSR count). The SMILES string of the molecule is CC1CN(CCC(=O)N2CCNCC2)CC(C)N1C. The van der Waals surface area contributed by atoms with Gasteiger partial charge in [0, 0.05) is 64.3 Å². The molecule has 2 saturated heterocycles. The van der Waals surface area contributed by atoms with Crippen LogP contribution in [0.2, 0.25) is 0 Å². The maximum Gasteiger partial charge on any atom is 0.223 e. The number of likely N-dealkylation sites (N-methyl/N-ethyl adjacent to an activating group) is 1. The second-order valence-corrected chi connectivity index (χ2v) is 6.00. The highest BCUT2D eigenvalue weighted by molar-refractivity contribution is 5.76. The number of hydrogen-bond acceptors (Lipinski definition) is 4. The van der Waals surface area contributed by atoms with Crippen LogP contribution in [0.4, 0.5) is 0 Å². The van der Waals surface area contributed by atoms with Crippen LogP contribution in [0.5, 0.6) is 0 Å². The van der Waals surface area contributed by atoms with Gasteiger partial charge in [-0.3, -0.25) is 14.6 Å². The first-order valence-corrected chi connectivity index (χ1v) is 7.50. The van der Waals surface area contributed by atoms with Crippen molar-refractivity contribution in [1.29, 1.82) is 0 Å². The third kappa shape index (κ3) is 3.91. The number of hydrogen-bond donors (Lipinski definition) is 1. The van der Waals surface area contributed by atoms with Crippen molar-refractivity contribution in [2.45, 2.75) is 32.4 Å². The fourth-order valence-corrected chi connectivity index (χ4v) is 3.02. The number of rotatable bonds is 3. The summed E-state index contributed by atoms with van der Waals surface area (Å²) in [7, 11) is 2.19. The molecular formula is C14H28N4O. The van der Waals surface area contributed by atoms with Crippen molar-refractivity contribution in [3.05, 3.63) is 0 Å². The molecule has 1 N–H and O–H groups in total. The van der Waals surface area contributed by atoms with Gasteiger partial charge in [0.25, 0.3) is 0 Å². The molecule has 0 aromatic rings. The zero-order chi connectivity index (χ0) is 13.8. The van der Waals surface area contributed by atoms with E-state index in [-0.39, 0.29) is 0 Å². The van der Waals surface area contributed by atoms with Crippen LogP contribution in [-0.4, -0.2) is 85.6 Å². The van der Waals surface area contributed by atoms with Gasteiger partial charge in [0.15, 0.2) is 0 Å². The van der Waals surface area contributed by atoms with Crippen LogP contribution >= 0.6 is 0 Å². The molecule has 0 saturated carbocycles. The lowest BCUT2D eigenvalue weighted by atomic mass is 10.1. The Morgan fingerprint density at radius 3 is 2.32 bits per heavy atom. The molecule has 0 aliphatic carbocycles. The highest BCUT2D eigenvalue weighted by Gasteiger charge is 2.27. The highest BCUT2D eigenvalue weighted by Crippen LogP contribution is 2.13. The Morgan fingerprint density at radius 1 is 1.16 bits per heavy atom. The minimum absolute atomic E-state index is 0.320. The van der Waals surface area contributed by atoms with Gasteiger partial charge in [-0.1, -0.05) is 0 Å². The standard InChI is InChI=1S/C14H28N4O/c1-12-10-17(11-13(2)16(12)3)7-4-14(19)18-8-5-15-6-9-18/h12-13,15H,4-11H2,1-3H3. The summed E-state index contributed by atoms with van der Waals surface area (Å²) in [6.45, 7) is 11.2. The summed E-state index contributed by atoms with van der Waals surface area (Å²) in [4.78, 5) is 19.0. The largest absolute Gasteiger partial charge is 0.340 e. The van der Waals surface area contributed by atoms with Crippen LogP contribution in [0.15, 0.2) is 0 Å². The van der Waals surface area contributed by atoms with Gasteiger partial charge in [0.2, 0.25) is 5.91 Å². The van der Waals surface area contributed by atoms with E-state index in [0.717, 1.165) is 45.8 Å². The van der Waals surface area contributed by atoms with Crippen LogP contribution in [0.25, 0.3) is 0 Å². The van der Waals surface area contributed by atoms with Crippen molar-refractivity contribution in [1.82, 2.24) is 20.0 Å². The van der Waals surface area contributed by atoms with Gasteiger partial charge in [0.1, 0.15) is 0 Å². The van der Waals surface area contributed by atoms with Gasteiger partial charge < -0.3 is 10.2 Å². The number of nitrogens with one attached hydrogen (secondary N) is 1. The first-order valence-electron chi connectivity index (χ1n) is 7.50. The molecular weight excluding hydrogens is 240 g/mol. The van der Waals surface area contributed by atoms with Gasteiger partial charge in [-0.25, -0.2) is 0 Å². The van der Waals surface area contributed by atoms with E-state index in [1.165, 1.54) is 0 Å². The smallest absolute Gasteiger partial charge is 0.223 e. The van der Waals surface area contributed by atoms with Crippen molar-refractivity contribution in [2.24, 2.45) is 0 Å². The fourth-order valence-electron chi connectivity index (χ4n) is 3.02. The van der Waals surface area contributed by atoms with Gasteiger partial charge in [-0.15, -0.1) is 0 Å². The Hall–Kier alpha value is -0.650.